The van der Waals surface area contributed by atoms with Crippen LogP contribution in [0, 0.1) is 0 Å². The number of nitrogens with zero attached hydrogens (tertiary/aromatic N) is 2. The fourth-order valence-corrected chi connectivity index (χ4v) is 2.79. The molecular weight excluding hydrogens is 396 g/mol. The van der Waals surface area contributed by atoms with Gasteiger partial charge in [-0.1, -0.05) is 42.0 Å². The molecule has 28 heavy (non-hydrogen) atoms. The van der Waals surface area contributed by atoms with E-state index in [0.717, 1.165) is 5.57 Å². The molecule has 1 aromatic carbocycles. The molecule has 0 saturated carbocycles. The molecule has 7 heteroatoms. The molecule has 2 heterocycles. The monoisotopic (exact) mass is 414 g/mol. The Morgan fingerprint density at radius 2 is 2.04 bits per heavy atom. The maximum absolute atomic E-state index is 12.7. The summed E-state index contributed by atoms with van der Waals surface area (Å²) in [4.78, 5) is 17.3. The van der Waals surface area contributed by atoms with Crippen LogP contribution >= 0.6 is 24.2 Å². The Balaban J connectivity index is 1.88. The lowest BCUT2D eigenvalue weighted by molar-refractivity contribution is 0.171. The molecule has 0 unspecified atom stereocenters. The summed E-state index contributed by atoms with van der Waals surface area (Å²) in [5.41, 5.74) is 1.78. The molecule has 0 atom stereocenters. The summed E-state index contributed by atoms with van der Waals surface area (Å²) in [6, 6.07) is 5.31. The van der Waals surface area contributed by atoms with Gasteiger partial charge in [0, 0.05) is 11.1 Å². The summed E-state index contributed by atoms with van der Waals surface area (Å²) >= 11 is 10.2. The van der Waals surface area contributed by atoms with E-state index in [9.17, 15) is 4.79 Å². The number of fused-ring (bicyclic) bond motifs is 1. The largest absolute Gasteiger partial charge is 0.486 e. The third kappa shape index (κ3) is 4.58. The van der Waals surface area contributed by atoms with Crippen molar-refractivity contribution in [2.24, 2.45) is 0 Å². The predicted molar refractivity (Wildman–Crippen MR) is 115 cm³/mol. The van der Waals surface area contributed by atoms with Gasteiger partial charge in [0.05, 0.1) is 16.3 Å². The molecule has 0 aliphatic carbocycles. The summed E-state index contributed by atoms with van der Waals surface area (Å²) in [6.07, 6.45) is 10.2. The first-order valence-electron chi connectivity index (χ1n) is 8.55. The highest BCUT2D eigenvalue weighted by molar-refractivity contribution is 7.80. The van der Waals surface area contributed by atoms with Gasteiger partial charge in [0.25, 0.3) is 5.56 Å². The van der Waals surface area contributed by atoms with Crippen molar-refractivity contribution in [1.29, 1.82) is 0 Å². The second kappa shape index (κ2) is 8.99. The second-order valence-corrected chi connectivity index (χ2v) is 6.86. The summed E-state index contributed by atoms with van der Waals surface area (Å²) in [6.45, 7) is 6.49. The van der Waals surface area contributed by atoms with Crippen molar-refractivity contribution in [2.75, 3.05) is 13.2 Å². The standard InChI is InChI=1S/C21H19ClN2O3S/c1-3-15(22)6-4-14(2)5-8-17-20(28)21(25)24(13-23-17)16-7-9-18-19(12-16)27-11-10-26-18/h3-9,12-13,28H,1,10-11H2,2H3/b8-5+,14-4+,15-6+. The van der Waals surface area contributed by atoms with E-state index in [1.54, 1.807) is 36.4 Å². The molecule has 0 radical (unpaired) electrons. The zero-order valence-electron chi connectivity index (χ0n) is 15.3. The normalized spacial score (nSPS) is 14.4. The van der Waals surface area contributed by atoms with Crippen molar-refractivity contribution in [3.63, 3.8) is 0 Å². The van der Waals surface area contributed by atoms with Crippen LogP contribution in [0.2, 0.25) is 0 Å². The number of halogens is 1. The van der Waals surface area contributed by atoms with Crippen molar-refractivity contribution < 1.29 is 9.47 Å². The molecule has 144 valence electrons. The van der Waals surface area contributed by atoms with E-state index in [4.69, 9.17) is 21.1 Å². The average molecular weight is 415 g/mol. The molecule has 1 aromatic heterocycles. The van der Waals surface area contributed by atoms with Gasteiger partial charge in [0.1, 0.15) is 19.5 Å². The van der Waals surface area contributed by atoms with Crippen LogP contribution in [0.1, 0.15) is 12.6 Å². The molecule has 0 saturated heterocycles. The van der Waals surface area contributed by atoms with E-state index < -0.39 is 0 Å². The number of aromatic nitrogens is 2. The van der Waals surface area contributed by atoms with Crippen LogP contribution in [-0.2, 0) is 0 Å². The van der Waals surface area contributed by atoms with E-state index >= 15 is 0 Å². The SMILES string of the molecule is C=C\C(Cl)=C/C=C(C)/C=C/c1ncn(-c2ccc3c(c2)OCCO3)c(=O)c1S. The molecule has 5 nitrogen and oxygen atoms in total. The number of benzene rings is 1. The summed E-state index contributed by atoms with van der Waals surface area (Å²) in [7, 11) is 0. The molecule has 0 N–H and O–H groups in total. The van der Waals surface area contributed by atoms with Crippen LogP contribution in [0.4, 0.5) is 0 Å². The minimum atomic E-state index is -0.272. The third-order valence-corrected chi connectivity index (χ3v) is 4.69. The lowest BCUT2D eigenvalue weighted by atomic mass is 10.2. The highest BCUT2D eigenvalue weighted by Gasteiger charge is 2.14. The summed E-state index contributed by atoms with van der Waals surface area (Å²) in [5.74, 6) is 1.27. The maximum Gasteiger partial charge on any atom is 0.271 e. The Morgan fingerprint density at radius 3 is 2.79 bits per heavy atom. The number of hydrogen-bond acceptors (Lipinski definition) is 5. The number of allylic oxidation sites excluding steroid dienone is 6. The van der Waals surface area contributed by atoms with E-state index in [1.807, 2.05) is 19.1 Å². The highest BCUT2D eigenvalue weighted by atomic mass is 35.5. The van der Waals surface area contributed by atoms with Crippen LogP contribution in [0.15, 0.2) is 75.7 Å². The molecular formula is C21H19ClN2O3S. The van der Waals surface area contributed by atoms with Crippen LogP contribution in [0.3, 0.4) is 0 Å². The van der Waals surface area contributed by atoms with Crippen LogP contribution in [-0.4, -0.2) is 22.8 Å². The van der Waals surface area contributed by atoms with Crippen LogP contribution in [0.25, 0.3) is 11.8 Å². The molecule has 0 spiro atoms. The predicted octanol–water partition coefficient (Wildman–Crippen LogP) is 4.56. The zero-order chi connectivity index (χ0) is 20.1. The van der Waals surface area contributed by atoms with Crippen molar-refractivity contribution in [3.05, 3.63) is 82.1 Å². The molecule has 3 rings (SSSR count). The van der Waals surface area contributed by atoms with E-state index in [1.165, 1.54) is 10.9 Å². The number of thiol groups is 1. The Labute approximate surface area is 173 Å². The maximum atomic E-state index is 12.7. The van der Waals surface area contributed by atoms with E-state index in [0.29, 0.717) is 41.1 Å². The Morgan fingerprint density at radius 1 is 1.29 bits per heavy atom. The summed E-state index contributed by atoms with van der Waals surface area (Å²) < 4.78 is 12.5. The first-order chi connectivity index (χ1) is 13.5. The Hall–Kier alpha value is -2.70. The van der Waals surface area contributed by atoms with E-state index in [2.05, 4.69) is 24.2 Å². The number of hydrogen-bond donors (Lipinski definition) is 1. The van der Waals surface area contributed by atoms with Crippen LogP contribution < -0.4 is 15.0 Å². The van der Waals surface area contributed by atoms with Gasteiger partial charge < -0.3 is 9.47 Å². The highest BCUT2D eigenvalue weighted by Crippen LogP contribution is 2.31. The van der Waals surface area contributed by atoms with Crippen molar-refractivity contribution in [3.8, 4) is 17.2 Å². The third-order valence-electron chi connectivity index (χ3n) is 3.98. The number of rotatable bonds is 5. The summed E-state index contributed by atoms with van der Waals surface area (Å²) in [5, 5.41) is 0.544. The first kappa shape index (κ1) is 20.0. The van der Waals surface area contributed by atoms with Gasteiger partial charge >= 0.3 is 0 Å². The van der Waals surface area contributed by atoms with Crippen molar-refractivity contribution >= 4 is 30.3 Å². The van der Waals surface area contributed by atoms with Gasteiger partial charge in [-0.2, -0.15) is 0 Å². The Kier molecular flexibility index (Phi) is 6.44. The minimum absolute atomic E-state index is 0.251. The van der Waals surface area contributed by atoms with Gasteiger partial charge in [-0.3, -0.25) is 9.36 Å². The van der Waals surface area contributed by atoms with Crippen molar-refractivity contribution in [1.82, 2.24) is 9.55 Å². The van der Waals surface area contributed by atoms with Gasteiger partial charge in [-0.25, -0.2) is 4.98 Å². The quantitative estimate of drug-likeness (QED) is 0.575. The number of ether oxygens (including phenoxy) is 2. The lowest BCUT2D eigenvalue weighted by Gasteiger charge is -2.19. The van der Waals surface area contributed by atoms with Gasteiger partial charge in [-0.15, -0.1) is 12.6 Å². The molecule has 2 aromatic rings. The van der Waals surface area contributed by atoms with Gasteiger partial charge in [0.2, 0.25) is 0 Å². The van der Waals surface area contributed by atoms with Crippen LogP contribution in [0.5, 0.6) is 11.5 Å². The molecule has 0 bridgehead atoms. The average Bonchev–Trinajstić information content (AvgIpc) is 2.72. The zero-order valence-corrected chi connectivity index (χ0v) is 16.9. The molecule has 0 amide bonds. The first-order valence-corrected chi connectivity index (χ1v) is 9.37. The van der Waals surface area contributed by atoms with E-state index in [-0.39, 0.29) is 10.5 Å². The van der Waals surface area contributed by atoms with Gasteiger partial charge in [-0.05, 0) is 31.2 Å². The Bertz CT molecular complexity index is 1050. The topological polar surface area (TPSA) is 53.4 Å². The molecule has 1 aliphatic rings. The molecule has 0 fully saturated rings. The fraction of sp³-hybridized carbons (Fsp3) is 0.143. The fourth-order valence-electron chi connectivity index (χ4n) is 2.49. The van der Waals surface area contributed by atoms with Crippen molar-refractivity contribution in [2.45, 2.75) is 11.8 Å². The smallest absolute Gasteiger partial charge is 0.271 e. The van der Waals surface area contributed by atoms with Gasteiger partial charge in [0.15, 0.2) is 11.5 Å². The second-order valence-electron chi connectivity index (χ2n) is 5.98. The lowest BCUT2D eigenvalue weighted by Crippen LogP contribution is -2.21. The molecule has 1 aliphatic heterocycles. The minimum Gasteiger partial charge on any atom is -0.486 e.